The Kier molecular flexibility index (Phi) is 4.23. The van der Waals surface area contributed by atoms with Gasteiger partial charge in [-0.2, -0.15) is 0 Å². The summed E-state index contributed by atoms with van der Waals surface area (Å²) in [6.45, 7) is 3.66. The minimum Gasteiger partial charge on any atom is -0.477 e. The van der Waals surface area contributed by atoms with Gasteiger partial charge in [0, 0.05) is 11.6 Å². The molecule has 0 radical (unpaired) electrons. The zero-order chi connectivity index (χ0) is 15.4. The van der Waals surface area contributed by atoms with Crippen LogP contribution in [0, 0.1) is 13.8 Å². The Balaban J connectivity index is 2.20. The molecule has 0 aliphatic heterocycles. The molecule has 1 amide bonds. The molecule has 0 fully saturated rings. The van der Waals surface area contributed by atoms with E-state index in [0.717, 1.165) is 5.56 Å². The first-order chi connectivity index (χ1) is 9.95. The highest BCUT2D eigenvalue weighted by Gasteiger charge is 2.14. The lowest BCUT2D eigenvalue weighted by atomic mass is 10.1. The minimum absolute atomic E-state index is 0.241. The summed E-state index contributed by atoms with van der Waals surface area (Å²) in [6, 6.07) is 10.2. The predicted molar refractivity (Wildman–Crippen MR) is 77.7 cm³/mol. The van der Waals surface area contributed by atoms with E-state index < -0.39 is 11.9 Å². The highest BCUT2D eigenvalue weighted by atomic mass is 16.4. The van der Waals surface area contributed by atoms with Crippen molar-refractivity contribution in [3.8, 4) is 0 Å². The molecule has 108 valence electrons. The molecule has 1 heterocycles. The standard InChI is InChI=1S/C16H15NO4/c1-10-3-6-12(7-4-10)15(18)17-14(16(19)20)9-13-8-5-11(2)21-13/h3-9H,1-2H3,(H,17,18)(H,19,20). The molecule has 2 aromatic rings. The number of carboxylic acids is 1. The summed E-state index contributed by atoms with van der Waals surface area (Å²) in [7, 11) is 0. The molecule has 0 aliphatic carbocycles. The van der Waals surface area contributed by atoms with Crippen molar-refractivity contribution in [1.82, 2.24) is 5.32 Å². The molecular formula is C16H15NO4. The number of rotatable bonds is 4. The van der Waals surface area contributed by atoms with Crippen molar-refractivity contribution in [2.45, 2.75) is 13.8 Å². The molecule has 2 rings (SSSR count). The molecule has 0 unspecified atom stereocenters. The van der Waals surface area contributed by atoms with Gasteiger partial charge in [-0.3, -0.25) is 4.79 Å². The van der Waals surface area contributed by atoms with Crippen LogP contribution in [0.25, 0.3) is 6.08 Å². The molecule has 0 spiro atoms. The highest BCUT2D eigenvalue weighted by Crippen LogP contribution is 2.11. The van der Waals surface area contributed by atoms with Gasteiger partial charge in [0.25, 0.3) is 5.91 Å². The fourth-order valence-electron chi connectivity index (χ4n) is 1.72. The fourth-order valence-corrected chi connectivity index (χ4v) is 1.72. The second kappa shape index (κ2) is 6.09. The van der Waals surface area contributed by atoms with Gasteiger partial charge in [-0.05, 0) is 38.1 Å². The molecular weight excluding hydrogens is 270 g/mol. The molecule has 5 heteroatoms. The van der Waals surface area contributed by atoms with Gasteiger partial charge >= 0.3 is 5.97 Å². The van der Waals surface area contributed by atoms with Gasteiger partial charge in [0.1, 0.15) is 17.2 Å². The van der Waals surface area contributed by atoms with Crippen molar-refractivity contribution in [1.29, 1.82) is 0 Å². The number of furan rings is 1. The first kappa shape index (κ1) is 14.6. The molecule has 0 saturated carbocycles. The first-order valence-electron chi connectivity index (χ1n) is 6.35. The summed E-state index contributed by atoms with van der Waals surface area (Å²) in [6.07, 6.45) is 1.28. The van der Waals surface area contributed by atoms with Gasteiger partial charge in [0.05, 0.1) is 0 Å². The third-order valence-electron chi connectivity index (χ3n) is 2.84. The number of aryl methyl sites for hydroxylation is 2. The lowest BCUT2D eigenvalue weighted by molar-refractivity contribution is -0.132. The van der Waals surface area contributed by atoms with Crippen LogP contribution >= 0.6 is 0 Å². The van der Waals surface area contributed by atoms with Crippen molar-refractivity contribution >= 4 is 18.0 Å². The second-order valence-electron chi connectivity index (χ2n) is 4.63. The van der Waals surface area contributed by atoms with E-state index >= 15 is 0 Å². The van der Waals surface area contributed by atoms with Gasteiger partial charge in [0.15, 0.2) is 0 Å². The topological polar surface area (TPSA) is 79.5 Å². The Labute approximate surface area is 121 Å². The van der Waals surface area contributed by atoms with E-state index in [1.54, 1.807) is 43.3 Å². The van der Waals surface area contributed by atoms with Crippen LogP contribution in [-0.4, -0.2) is 17.0 Å². The summed E-state index contributed by atoms with van der Waals surface area (Å²) in [5, 5.41) is 11.5. The SMILES string of the molecule is Cc1ccc(C(=O)NC(=Cc2ccc(C)o2)C(=O)O)cc1. The number of amides is 1. The number of carbonyl (C=O) groups excluding carboxylic acids is 1. The average Bonchev–Trinajstić information content (AvgIpc) is 2.84. The van der Waals surface area contributed by atoms with Crippen molar-refractivity contribution in [3.05, 3.63) is 64.7 Å². The maximum Gasteiger partial charge on any atom is 0.352 e. The molecule has 1 aromatic carbocycles. The van der Waals surface area contributed by atoms with Gasteiger partial charge in [-0.15, -0.1) is 0 Å². The fraction of sp³-hybridized carbons (Fsp3) is 0.125. The van der Waals surface area contributed by atoms with E-state index in [2.05, 4.69) is 5.32 Å². The third-order valence-corrected chi connectivity index (χ3v) is 2.84. The van der Waals surface area contributed by atoms with Gasteiger partial charge in [-0.1, -0.05) is 17.7 Å². The van der Waals surface area contributed by atoms with E-state index in [9.17, 15) is 9.59 Å². The van der Waals surface area contributed by atoms with Gasteiger partial charge in [-0.25, -0.2) is 4.79 Å². The molecule has 1 aromatic heterocycles. The van der Waals surface area contributed by atoms with Crippen molar-refractivity contribution in [2.24, 2.45) is 0 Å². The molecule has 0 bridgehead atoms. The predicted octanol–water partition coefficient (Wildman–Crippen LogP) is 2.75. The second-order valence-corrected chi connectivity index (χ2v) is 4.63. The number of hydrogen-bond donors (Lipinski definition) is 2. The van der Waals surface area contributed by atoms with Crippen LogP contribution in [0.5, 0.6) is 0 Å². The first-order valence-corrected chi connectivity index (χ1v) is 6.35. The monoisotopic (exact) mass is 285 g/mol. The number of hydrogen-bond acceptors (Lipinski definition) is 3. The van der Waals surface area contributed by atoms with Crippen molar-refractivity contribution in [2.75, 3.05) is 0 Å². The molecule has 0 aliphatic rings. The van der Waals surface area contributed by atoms with Crippen molar-refractivity contribution in [3.63, 3.8) is 0 Å². The van der Waals surface area contributed by atoms with Crippen LogP contribution in [0.1, 0.15) is 27.4 Å². The summed E-state index contributed by atoms with van der Waals surface area (Å²) >= 11 is 0. The van der Waals surface area contributed by atoms with Crippen LogP contribution in [0.15, 0.2) is 46.5 Å². The van der Waals surface area contributed by atoms with E-state index in [0.29, 0.717) is 17.1 Å². The summed E-state index contributed by atoms with van der Waals surface area (Å²) in [5.74, 6) is -0.679. The summed E-state index contributed by atoms with van der Waals surface area (Å²) < 4.78 is 5.28. The lowest BCUT2D eigenvalue weighted by Crippen LogP contribution is -2.27. The zero-order valence-electron chi connectivity index (χ0n) is 11.7. The number of aliphatic carboxylic acids is 1. The van der Waals surface area contributed by atoms with Crippen LogP contribution in [0.2, 0.25) is 0 Å². The van der Waals surface area contributed by atoms with Gasteiger partial charge in [0.2, 0.25) is 0 Å². The Morgan fingerprint density at radius 3 is 2.29 bits per heavy atom. The maximum absolute atomic E-state index is 12.0. The lowest BCUT2D eigenvalue weighted by Gasteiger charge is -2.06. The van der Waals surface area contributed by atoms with E-state index in [-0.39, 0.29) is 5.70 Å². The normalized spacial score (nSPS) is 11.2. The molecule has 0 atom stereocenters. The van der Waals surface area contributed by atoms with Crippen LogP contribution in [0.3, 0.4) is 0 Å². The molecule has 0 saturated heterocycles. The Hall–Kier alpha value is -2.82. The minimum atomic E-state index is -1.23. The smallest absolute Gasteiger partial charge is 0.352 e. The summed E-state index contributed by atoms with van der Waals surface area (Å²) in [5.41, 5.74) is 1.17. The van der Waals surface area contributed by atoms with E-state index in [1.165, 1.54) is 6.08 Å². The number of carboxylic acid groups (broad SMARTS) is 1. The van der Waals surface area contributed by atoms with E-state index in [1.807, 2.05) is 6.92 Å². The highest BCUT2D eigenvalue weighted by molar-refractivity contribution is 6.02. The zero-order valence-corrected chi connectivity index (χ0v) is 11.7. The largest absolute Gasteiger partial charge is 0.477 e. The summed E-state index contributed by atoms with van der Waals surface area (Å²) in [4.78, 5) is 23.2. The number of nitrogens with one attached hydrogen (secondary N) is 1. The van der Waals surface area contributed by atoms with Gasteiger partial charge < -0.3 is 14.8 Å². The molecule has 2 N–H and O–H groups in total. The van der Waals surface area contributed by atoms with Crippen LogP contribution in [-0.2, 0) is 4.79 Å². The number of carbonyl (C=O) groups is 2. The van der Waals surface area contributed by atoms with E-state index in [4.69, 9.17) is 9.52 Å². The molecule has 21 heavy (non-hydrogen) atoms. The quantitative estimate of drug-likeness (QED) is 0.846. The van der Waals surface area contributed by atoms with Crippen LogP contribution in [0.4, 0.5) is 0 Å². The van der Waals surface area contributed by atoms with Crippen LogP contribution < -0.4 is 5.32 Å². The van der Waals surface area contributed by atoms with Crippen molar-refractivity contribution < 1.29 is 19.1 Å². The Bertz CT molecular complexity index is 695. The maximum atomic E-state index is 12.0. The number of benzene rings is 1. The average molecular weight is 285 g/mol. The molecule has 5 nitrogen and oxygen atoms in total. The Morgan fingerprint density at radius 1 is 1.10 bits per heavy atom. The Morgan fingerprint density at radius 2 is 1.76 bits per heavy atom. The third kappa shape index (κ3) is 3.82.